The number of carbonyl (C=O) groups excluding carboxylic acids is 1. The molecular weight excluding hydrogens is 294 g/mol. The largest absolute Gasteiger partial charge is 0.472 e. The lowest BCUT2D eigenvalue weighted by atomic mass is 10.1. The molecule has 2 rings (SSSR count). The number of hydrogen-bond acceptors (Lipinski definition) is 2. The lowest BCUT2D eigenvalue weighted by Crippen LogP contribution is -2.33. The molecule has 1 N–H and O–H groups in total. The predicted octanol–water partition coefficient (Wildman–Crippen LogP) is 3.40. The lowest BCUT2D eigenvalue weighted by molar-refractivity contribution is 0.0939. The molecule has 1 aromatic carbocycles. The maximum absolute atomic E-state index is 11.8. The van der Waals surface area contributed by atoms with E-state index in [1.807, 2.05) is 31.2 Å². The maximum Gasteiger partial charge on any atom is 0.254 e. The molecular formula is C14H14BrNO2. The Labute approximate surface area is 114 Å². The highest BCUT2D eigenvalue weighted by Crippen LogP contribution is 2.12. The van der Waals surface area contributed by atoms with E-state index in [-0.39, 0.29) is 11.9 Å². The van der Waals surface area contributed by atoms with E-state index in [1.165, 1.54) is 18.1 Å². The molecule has 0 aliphatic heterocycles. The van der Waals surface area contributed by atoms with Crippen molar-refractivity contribution in [1.82, 2.24) is 5.32 Å². The number of carbonyl (C=O) groups is 1. The topological polar surface area (TPSA) is 42.2 Å². The number of benzene rings is 1. The molecule has 1 heterocycles. The van der Waals surface area contributed by atoms with E-state index >= 15 is 0 Å². The number of rotatable bonds is 4. The van der Waals surface area contributed by atoms with Crippen LogP contribution in [0.15, 0.2) is 51.7 Å². The third kappa shape index (κ3) is 3.47. The SMILES string of the molecule is C[C@@H](Cc1ccc(Br)cc1)NC(=O)c1ccoc1. The van der Waals surface area contributed by atoms with Crippen LogP contribution >= 0.6 is 15.9 Å². The summed E-state index contributed by atoms with van der Waals surface area (Å²) in [7, 11) is 0. The van der Waals surface area contributed by atoms with Gasteiger partial charge in [-0.15, -0.1) is 0 Å². The number of furan rings is 1. The molecule has 0 unspecified atom stereocenters. The third-order valence-electron chi connectivity index (χ3n) is 2.62. The summed E-state index contributed by atoms with van der Waals surface area (Å²) in [6, 6.07) is 9.82. The van der Waals surface area contributed by atoms with Gasteiger partial charge in [0.1, 0.15) is 6.26 Å². The van der Waals surface area contributed by atoms with Crippen LogP contribution in [0, 0.1) is 0 Å². The van der Waals surface area contributed by atoms with Gasteiger partial charge in [0, 0.05) is 10.5 Å². The summed E-state index contributed by atoms with van der Waals surface area (Å²) < 4.78 is 5.94. The van der Waals surface area contributed by atoms with Crippen molar-refractivity contribution >= 4 is 21.8 Å². The predicted molar refractivity (Wildman–Crippen MR) is 73.5 cm³/mol. The van der Waals surface area contributed by atoms with Crippen LogP contribution in [0.25, 0.3) is 0 Å². The Hall–Kier alpha value is -1.55. The zero-order valence-corrected chi connectivity index (χ0v) is 11.6. The zero-order valence-electron chi connectivity index (χ0n) is 10.0. The van der Waals surface area contributed by atoms with Gasteiger partial charge >= 0.3 is 0 Å². The van der Waals surface area contributed by atoms with Gasteiger partial charge in [-0.05, 0) is 37.1 Å². The Morgan fingerprint density at radius 3 is 2.67 bits per heavy atom. The van der Waals surface area contributed by atoms with E-state index in [0.717, 1.165) is 10.9 Å². The van der Waals surface area contributed by atoms with E-state index in [1.54, 1.807) is 6.07 Å². The Bertz CT molecular complexity index is 505. The average molecular weight is 308 g/mol. The molecule has 2 aromatic rings. The van der Waals surface area contributed by atoms with Crippen LogP contribution in [0.5, 0.6) is 0 Å². The molecule has 1 aromatic heterocycles. The van der Waals surface area contributed by atoms with Gasteiger partial charge in [-0.1, -0.05) is 28.1 Å². The molecule has 0 radical (unpaired) electrons. The first-order chi connectivity index (χ1) is 8.65. The molecule has 0 aliphatic carbocycles. The van der Waals surface area contributed by atoms with Crippen molar-refractivity contribution < 1.29 is 9.21 Å². The van der Waals surface area contributed by atoms with Gasteiger partial charge in [0.05, 0.1) is 11.8 Å². The highest BCUT2D eigenvalue weighted by molar-refractivity contribution is 9.10. The number of halogens is 1. The summed E-state index contributed by atoms with van der Waals surface area (Å²) in [6.07, 6.45) is 3.74. The standard InChI is InChI=1S/C14H14BrNO2/c1-10(8-11-2-4-13(15)5-3-11)16-14(17)12-6-7-18-9-12/h2-7,9-10H,8H2,1H3,(H,16,17)/t10-/m0/s1. The van der Waals surface area contributed by atoms with Crippen LogP contribution in [0.3, 0.4) is 0 Å². The highest BCUT2D eigenvalue weighted by atomic mass is 79.9. The fourth-order valence-corrected chi connectivity index (χ4v) is 1.99. The summed E-state index contributed by atoms with van der Waals surface area (Å²) in [5.74, 6) is -0.103. The van der Waals surface area contributed by atoms with Crippen LogP contribution in [0.2, 0.25) is 0 Å². The van der Waals surface area contributed by atoms with Crippen LogP contribution in [-0.4, -0.2) is 11.9 Å². The normalized spacial score (nSPS) is 12.1. The number of hydrogen-bond donors (Lipinski definition) is 1. The van der Waals surface area contributed by atoms with Gasteiger partial charge in [-0.2, -0.15) is 0 Å². The minimum Gasteiger partial charge on any atom is -0.472 e. The molecule has 0 aliphatic rings. The van der Waals surface area contributed by atoms with E-state index in [4.69, 9.17) is 4.42 Å². The summed E-state index contributed by atoms with van der Waals surface area (Å²) in [5.41, 5.74) is 1.75. The highest BCUT2D eigenvalue weighted by Gasteiger charge is 2.11. The van der Waals surface area contributed by atoms with Crippen LogP contribution in [0.1, 0.15) is 22.8 Å². The zero-order chi connectivity index (χ0) is 13.0. The van der Waals surface area contributed by atoms with Gasteiger partial charge in [0.25, 0.3) is 5.91 Å². The van der Waals surface area contributed by atoms with Crippen molar-refractivity contribution in [2.24, 2.45) is 0 Å². The fraction of sp³-hybridized carbons (Fsp3) is 0.214. The van der Waals surface area contributed by atoms with Gasteiger partial charge in [0.2, 0.25) is 0 Å². The Morgan fingerprint density at radius 1 is 1.33 bits per heavy atom. The second kappa shape index (κ2) is 5.87. The van der Waals surface area contributed by atoms with Crippen LogP contribution in [0.4, 0.5) is 0 Å². The van der Waals surface area contributed by atoms with Gasteiger partial charge in [-0.3, -0.25) is 4.79 Å². The first-order valence-electron chi connectivity index (χ1n) is 5.72. The quantitative estimate of drug-likeness (QED) is 0.940. The van der Waals surface area contributed by atoms with Crippen molar-refractivity contribution in [1.29, 1.82) is 0 Å². The third-order valence-corrected chi connectivity index (χ3v) is 3.14. The van der Waals surface area contributed by atoms with Crippen molar-refractivity contribution in [2.75, 3.05) is 0 Å². The summed E-state index contributed by atoms with van der Waals surface area (Å²) in [4.78, 5) is 11.8. The lowest BCUT2D eigenvalue weighted by Gasteiger charge is -2.13. The van der Waals surface area contributed by atoms with Gasteiger partial charge in [-0.25, -0.2) is 0 Å². The minimum absolute atomic E-state index is 0.0774. The molecule has 3 nitrogen and oxygen atoms in total. The molecule has 1 amide bonds. The molecule has 18 heavy (non-hydrogen) atoms. The molecule has 0 saturated carbocycles. The molecule has 4 heteroatoms. The summed E-state index contributed by atoms with van der Waals surface area (Å²) >= 11 is 3.40. The Morgan fingerprint density at radius 2 is 2.06 bits per heavy atom. The fourth-order valence-electron chi connectivity index (χ4n) is 1.73. The van der Waals surface area contributed by atoms with E-state index < -0.39 is 0 Å². The Balaban J connectivity index is 1.90. The van der Waals surface area contributed by atoms with Crippen molar-refractivity contribution in [3.8, 4) is 0 Å². The number of amides is 1. The average Bonchev–Trinajstić information content (AvgIpc) is 2.85. The van der Waals surface area contributed by atoms with Gasteiger partial charge in [0.15, 0.2) is 0 Å². The van der Waals surface area contributed by atoms with Crippen LogP contribution in [-0.2, 0) is 6.42 Å². The Kier molecular flexibility index (Phi) is 4.20. The van der Waals surface area contributed by atoms with E-state index in [0.29, 0.717) is 5.56 Å². The summed E-state index contributed by atoms with van der Waals surface area (Å²) in [5, 5.41) is 2.93. The van der Waals surface area contributed by atoms with Crippen molar-refractivity contribution in [2.45, 2.75) is 19.4 Å². The first kappa shape index (κ1) is 12.9. The molecule has 94 valence electrons. The smallest absolute Gasteiger partial charge is 0.254 e. The first-order valence-corrected chi connectivity index (χ1v) is 6.52. The molecule has 0 bridgehead atoms. The molecule has 1 atom stereocenters. The maximum atomic E-state index is 11.8. The van der Waals surface area contributed by atoms with E-state index in [2.05, 4.69) is 21.2 Å². The minimum atomic E-state index is -0.103. The molecule has 0 spiro atoms. The van der Waals surface area contributed by atoms with Gasteiger partial charge < -0.3 is 9.73 Å². The van der Waals surface area contributed by atoms with Crippen molar-refractivity contribution in [3.63, 3.8) is 0 Å². The second-order valence-electron chi connectivity index (χ2n) is 4.22. The molecule has 0 fully saturated rings. The van der Waals surface area contributed by atoms with Crippen molar-refractivity contribution in [3.05, 3.63) is 58.5 Å². The number of nitrogens with one attached hydrogen (secondary N) is 1. The monoisotopic (exact) mass is 307 g/mol. The van der Waals surface area contributed by atoms with Crippen LogP contribution < -0.4 is 5.32 Å². The molecule has 0 saturated heterocycles. The summed E-state index contributed by atoms with van der Waals surface area (Å²) in [6.45, 7) is 1.99. The van der Waals surface area contributed by atoms with E-state index in [9.17, 15) is 4.79 Å². The second-order valence-corrected chi connectivity index (χ2v) is 5.13.